The standard InChI is InChI=1S/C16H29N3O/c1-5-8-16(12-17,9-6-2)15(20)18-14-7-10-19(4)13(3)11-14/h13-14H,5-11H2,1-4H3,(H,18,20). The number of hydrogen-bond acceptors (Lipinski definition) is 3. The van der Waals surface area contributed by atoms with Crippen molar-refractivity contribution in [3.63, 3.8) is 0 Å². The highest BCUT2D eigenvalue weighted by Crippen LogP contribution is 2.30. The number of carbonyl (C=O) groups excluding carboxylic acids is 1. The Morgan fingerprint density at radius 2 is 2.00 bits per heavy atom. The number of carbonyl (C=O) groups is 1. The third kappa shape index (κ3) is 3.96. The third-order valence-corrected chi connectivity index (χ3v) is 4.55. The van der Waals surface area contributed by atoms with Gasteiger partial charge >= 0.3 is 0 Å². The van der Waals surface area contributed by atoms with Gasteiger partial charge in [0, 0.05) is 18.6 Å². The molecule has 2 atom stereocenters. The molecular formula is C16H29N3O. The summed E-state index contributed by atoms with van der Waals surface area (Å²) in [6.07, 6.45) is 5.00. The number of amides is 1. The van der Waals surface area contributed by atoms with Gasteiger partial charge in [-0.05, 0) is 39.7 Å². The number of piperidine rings is 1. The molecule has 0 aromatic carbocycles. The summed E-state index contributed by atoms with van der Waals surface area (Å²) in [7, 11) is 2.12. The lowest BCUT2D eigenvalue weighted by Gasteiger charge is -2.37. The van der Waals surface area contributed by atoms with Crippen LogP contribution in [0.1, 0.15) is 59.3 Å². The first-order valence-corrected chi connectivity index (χ1v) is 7.91. The topological polar surface area (TPSA) is 56.1 Å². The van der Waals surface area contributed by atoms with Crippen LogP contribution in [0.25, 0.3) is 0 Å². The van der Waals surface area contributed by atoms with E-state index in [1.807, 2.05) is 13.8 Å². The Morgan fingerprint density at radius 1 is 1.40 bits per heavy atom. The average Bonchev–Trinajstić information content (AvgIpc) is 2.42. The summed E-state index contributed by atoms with van der Waals surface area (Å²) in [6, 6.07) is 3.01. The van der Waals surface area contributed by atoms with Crippen molar-refractivity contribution < 1.29 is 4.79 Å². The van der Waals surface area contributed by atoms with Gasteiger partial charge in [0.1, 0.15) is 5.41 Å². The number of nitrogens with one attached hydrogen (secondary N) is 1. The van der Waals surface area contributed by atoms with Gasteiger partial charge in [0.05, 0.1) is 6.07 Å². The van der Waals surface area contributed by atoms with Crippen LogP contribution in [-0.4, -0.2) is 36.5 Å². The zero-order valence-electron chi connectivity index (χ0n) is 13.4. The van der Waals surface area contributed by atoms with Crippen LogP contribution in [0, 0.1) is 16.7 Å². The van der Waals surface area contributed by atoms with Gasteiger partial charge in [0.25, 0.3) is 0 Å². The van der Waals surface area contributed by atoms with Gasteiger partial charge in [-0.3, -0.25) is 4.79 Å². The molecule has 1 rings (SSSR count). The lowest BCUT2D eigenvalue weighted by atomic mass is 9.79. The van der Waals surface area contributed by atoms with E-state index in [0.29, 0.717) is 18.9 Å². The molecule has 1 aliphatic rings. The van der Waals surface area contributed by atoms with E-state index in [1.165, 1.54) is 0 Å². The molecule has 4 nitrogen and oxygen atoms in total. The predicted octanol–water partition coefficient (Wildman–Crippen LogP) is 2.70. The van der Waals surface area contributed by atoms with Gasteiger partial charge < -0.3 is 10.2 Å². The van der Waals surface area contributed by atoms with E-state index in [0.717, 1.165) is 32.2 Å². The van der Waals surface area contributed by atoms with Crippen LogP contribution < -0.4 is 5.32 Å². The van der Waals surface area contributed by atoms with E-state index in [1.54, 1.807) is 0 Å². The second kappa shape index (κ2) is 7.64. The third-order valence-electron chi connectivity index (χ3n) is 4.55. The highest BCUT2D eigenvalue weighted by molar-refractivity contribution is 5.85. The van der Waals surface area contributed by atoms with E-state index < -0.39 is 5.41 Å². The van der Waals surface area contributed by atoms with Gasteiger partial charge in [-0.15, -0.1) is 0 Å². The normalized spacial score (nSPS) is 24.1. The maximum atomic E-state index is 12.6. The SMILES string of the molecule is CCCC(C#N)(CCC)C(=O)NC1CCN(C)C(C)C1. The van der Waals surface area contributed by atoms with Crippen molar-refractivity contribution in [1.82, 2.24) is 10.2 Å². The van der Waals surface area contributed by atoms with Crippen LogP contribution >= 0.6 is 0 Å². The molecule has 1 fully saturated rings. The Bertz CT molecular complexity index is 355. The van der Waals surface area contributed by atoms with Gasteiger partial charge in [0.2, 0.25) is 5.91 Å². The molecule has 1 heterocycles. The highest BCUT2D eigenvalue weighted by atomic mass is 16.2. The first-order valence-electron chi connectivity index (χ1n) is 7.91. The predicted molar refractivity (Wildman–Crippen MR) is 81.1 cm³/mol. The number of nitriles is 1. The Kier molecular flexibility index (Phi) is 6.48. The zero-order chi connectivity index (χ0) is 15.2. The van der Waals surface area contributed by atoms with Crippen LogP contribution in [0.3, 0.4) is 0 Å². The summed E-state index contributed by atoms with van der Waals surface area (Å²) in [5.74, 6) is -0.0505. The smallest absolute Gasteiger partial charge is 0.240 e. The van der Waals surface area contributed by atoms with Crippen molar-refractivity contribution in [2.75, 3.05) is 13.6 Å². The number of likely N-dealkylation sites (tertiary alicyclic amines) is 1. The molecule has 0 aromatic rings. The van der Waals surface area contributed by atoms with Crippen LogP contribution in [0.5, 0.6) is 0 Å². The van der Waals surface area contributed by atoms with Crippen LogP contribution in [0.4, 0.5) is 0 Å². The molecule has 0 spiro atoms. The van der Waals surface area contributed by atoms with Gasteiger partial charge in [-0.2, -0.15) is 5.26 Å². The molecule has 0 aromatic heterocycles. The molecule has 2 unspecified atom stereocenters. The van der Waals surface area contributed by atoms with Crippen molar-refractivity contribution in [2.45, 2.75) is 71.4 Å². The van der Waals surface area contributed by atoms with E-state index in [2.05, 4.69) is 30.3 Å². The van der Waals surface area contributed by atoms with Crippen molar-refractivity contribution in [3.8, 4) is 6.07 Å². The van der Waals surface area contributed by atoms with Crippen molar-refractivity contribution >= 4 is 5.91 Å². The average molecular weight is 279 g/mol. The highest BCUT2D eigenvalue weighted by Gasteiger charge is 2.38. The zero-order valence-corrected chi connectivity index (χ0v) is 13.4. The lowest BCUT2D eigenvalue weighted by molar-refractivity contribution is -0.130. The molecule has 0 saturated carbocycles. The minimum absolute atomic E-state index is 0.0505. The molecular weight excluding hydrogens is 250 g/mol. The molecule has 1 saturated heterocycles. The maximum Gasteiger partial charge on any atom is 0.240 e. The fraction of sp³-hybridized carbons (Fsp3) is 0.875. The minimum atomic E-state index is -0.823. The van der Waals surface area contributed by atoms with E-state index in [4.69, 9.17) is 0 Å². The summed E-state index contributed by atoms with van der Waals surface area (Å²) in [6.45, 7) is 7.26. The Balaban J connectivity index is 2.69. The quantitative estimate of drug-likeness (QED) is 0.813. The fourth-order valence-electron chi connectivity index (χ4n) is 3.11. The molecule has 0 aliphatic carbocycles. The Labute approximate surface area is 123 Å². The lowest BCUT2D eigenvalue weighted by Crippen LogP contribution is -2.51. The van der Waals surface area contributed by atoms with Gasteiger partial charge in [0.15, 0.2) is 0 Å². The second-order valence-electron chi connectivity index (χ2n) is 6.22. The van der Waals surface area contributed by atoms with Crippen molar-refractivity contribution in [2.24, 2.45) is 5.41 Å². The van der Waals surface area contributed by atoms with Crippen LogP contribution in [0.15, 0.2) is 0 Å². The molecule has 20 heavy (non-hydrogen) atoms. The molecule has 1 amide bonds. The molecule has 0 bridgehead atoms. The monoisotopic (exact) mass is 279 g/mol. The van der Waals surface area contributed by atoms with Crippen LogP contribution in [-0.2, 0) is 4.79 Å². The second-order valence-corrected chi connectivity index (χ2v) is 6.22. The molecule has 1 N–H and O–H groups in total. The van der Waals surface area contributed by atoms with E-state index in [9.17, 15) is 10.1 Å². The largest absolute Gasteiger partial charge is 0.352 e. The molecule has 0 radical (unpaired) electrons. The first-order chi connectivity index (χ1) is 9.49. The van der Waals surface area contributed by atoms with E-state index in [-0.39, 0.29) is 11.9 Å². The van der Waals surface area contributed by atoms with Crippen molar-refractivity contribution in [1.29, 1.82) is 5.26 Å². The first kappa shape index (κ1) is 17.0. The molecule has 114 valence electrons. The van der Waals surface area contributed by atoms with Gasteiger partial charge in [-0.1, -0.05) is 26.7 Å². The maximum absolute atomic E-state index is 12.6. The van der Waals surface area contributed by atoms with Gasteiger partial charge in [-0.25, -0.2) is 0 Å². The summed E-state index contributed by atoms with van der Waals surface area (Å²) in [5.41, 5.74) is -0.823. The Hall–Kier alpha value is -1.08. The fourth-order valence-corrected chi connectivity index (χ4v) is 3.11. The summed E-state index contributed by atoms with van der Waals surface area (Å²) < 4.78 is 0. The number of nitrogens with zero attached hydrogens (tertiary/aromatic N) is 2. The number of rotatable bonds is 6. The van der Waals surface area contributed by atoms with E-state index >= 15 is 0 Å². The van der Waals surface area contributed by atoms with Crippen LogP contribution in [0.2, 0.25) is 0 Å². The summed E-state index contributed by atoms with van der Waals surface area (Å²) in [4.78, 5) is 14.9. The van der Waals surface area contributed by atoms with Crippen molar-refractivity contribution in [3.05, 3.63) is 0 Å². The summed E-state index contributed by atoms with van der Waals surface area (Å²) in [5, 5.41) is 12.7. The molecule has 1 aliphatic heterocycles. The minimum Gasteiger partial charge on any atom is -0.352 e. The Morgan fingerprint density at radius 3 is 2.45 bits per heavy atom. The summed E-state index contributed by atoms with van der Waals surface area (Å²) >= 11 is 0. The number of hydrogen-bond donors (Lipinski definition) is 1. The molecule has 4 heteroatoms.